The first-order valence-electron chi connectivity index (χ1n) is 4.29. The summed E-state index contributed by atoms with van der Waals surface area (Å²) >= 11 is 0. The molecule has 0 radical (unpaired) electrons. The molecule has 1 heterocycles. The highest BCUT2D eigenvalue weighted by Crippen LogP contribution is 2.04. The van der Waals surface area contributed by atoms with Gasteiger partial charge in [-0.15, -0.1) is 0 Å². The normalized spacial score (nSPS) is 31.1. The van der Waals surface area contributed by atoms with Crippen molar-refractivity contribution in [2.24, 2.45) is 0 Å². The first kappa shape index (κ1) is 8.97. The predicted octanol–water partition coefficient (Wildman–Crippen LogP) is 0.747. The van der Waals surface area contributed by atoms with Crippen LogP contribution >= 0.6 is 0 Å². The average Bonchev–Trinajstić information content (AvgIpc) is 2.37. The largest absolute Gasteiger partial charge is 0.379 e. The monoisotopic (exact) mass is 159 g/mol. The molecule has 1 N–H and O–H groups in total. The van der Waals surface area contributed by atoms with Crippen molar-refractivity contribution in [1.29, 1.82) is 0 Å². The van der Waals surface area contributed by atoms with Gasteiger partial charge in [0.1, 0.15) is 6.23 Å². The van der Waals surface area contributed by atoms with Crippen molar-refractivity contribution in [2.45, 2.75) is 32.6 Å². The SMILES string of the molecule is CCCOCC1CNC(C)O1. The topological polar surface area (TPSA) is 30.5 Å². The Hall–Kier alpha value is -0.120. The predicted molar refractivity (Wildman–Crippen MR) is 43.4 cm³/mol. The molecule has 0 aromatic rings. The van der Waals surface area contributed by atoms with Crippen LogP contribution in [0, 0.1) is 0 Å². The van der Waals surface area contributed by atoms with E-state index in [1.807, 2.05) is 6.92 Å². The highest BCUT2D eigenvalue weighted by molar-refractivity contribution is 4.69. The zero-order valence-corrected chi connectivity index (χ0v) is 7.30. The van der Waals surface area contributed by atoms with E-state index in [1.54, 1.807) is 0 Å². The van der Waals surface area contributed by atoms with Gasteiger partial charge in [-0.25, -0.2) is 0 Å². The Labute approximate surface area is 68.1 Å². The van der Waals surface area contributed by atoms with Crippen molar-refractivity contribution in [3.63, 3.8) is 0 Å². The second-order valence-electron chi connectivity index (χ2n) is 2.88. The molecule has 2 atom stereocenters. The van der Waals surface area contributed by atoms with Crippen molar-refractivity contribution in [1.82, 2.24) is 5.32 Å². The van der Waals surface area contributed by atoms with E-state index in [-0.39, 0.29) is 12.3 Å². The van der Waals surface area contributed by atoms with E-state index >= 15 is 0 Å². The maximum absolute atomic E-state index is 5.47. The second kappa shape index (κ2) is 4.70. The van der Waals surface area contributed by atoms with Crippen LogP contribution in [0.2, 0.25) is 0 Å². The maximum Gasteiger partial charge on any atom is 0.105 e. The fraction of sp³-hybridized carbons (Fsp3) is 1.00. The first-order chi connectivity index (χ1) is 5.33. The molecular formula is C8H17NO2. The molecule has 11 heavy (non-hydrogen) atoms. The maximum atomic E-state index is 5.47. The molecular weight excluding hydrogens is 142 g/mol. The number of ether oxygens (including phenoxy) is 2. The Morgan fingerprint density at radius 2 is 2.45 bits per heavy atom. The van der Waals surface area contributed by atoms with Crippen molar-refractivity contribution >= 4 is 0 Å². The van der Waals surface area contributed by atoms with Crippen LogP contribution in [-0.4, -0.2) is 32.1 Å². The summed E-state index contributed by atoms with van der Waals surface area (Å²) in [6.07, 6.45) is 1.54. The van der Waals surface area contributed by atoms with Crippen LogP contribution in [0.1, 0.15) is 20.3 Å². The Morgan fingerprint density at radius 3 is 3.00 bits per heavy atom. The molecule has 1 fully saturated rings. The summed E-state index contributed by atoms with van der Waals surface area (Å²) in [5, 5.41) is 3.19. The third kappa shape index (κ3) is 3.18. The van der Waals surface area contributed by atoms with Crippen LogP contribution in [0.3, 0.4) is 0 Å². The van der Waals surface area contributed by atoms with Gasteiger partial charge in [0.2, 0.25) is 0 Å². The minimum absolute atomic E-state index is 0.199. The Morgan fingerprint density at radius 1 is 1.64 bits per heavy atom. The first-order valence-corrected chi connectivity index (χ1v) is 4.29. The highest BCUT2D eigenvalue weighted by atomic mass is 16.6. The summed E-state index contributed by atoms with van der Waals surface area (Å²) in [6, 6.07) is 0. The lowest BCUT2D eigenvalue weighted by Crippen LogP contribution is -2.20. The van der Waals surface area contributed by atoms with Gasteiger partial charge in [0, 0.05) is 13.2 Å². The molecule has 1 saturated heterocycles. The van der Waals surface area contributed by atoms with Gasteiger partial charge in [-0.2, -0.15) is 0 Å². The molecule has 1 aliphatic rings. The summed E-state index contributed by atoms with van der Waals surface area (Å²) in [5.74, 6) is 0. The third-order valence-electron chi connectivity index (χ3n) is 1.68. The molecule has 66 valence electrons. The summed E-state index contributed by atoms with van der Waals surface area (Å²) in [7, 11) is 0. The zero-order chi connectivity index (χ0) is 8.10. The minimum Gasteiger partial charge on any atom is -0.379 e. The molecule has 0 spiro atoms. The fourth-order valence-corrected chi connectivity index (χ4v) is 1.14. The van der Waals surface area contributed by atoms with Crippen LogP contribution in [-0.2, 0) is 9.47 Å². The van der Waals surface area contributed by atoms with Gasteiger partial charge < -0.3 is 9.47 Å². The van der Waals surface area contributed by atoms with Gasteiger partial charge in [0.05, 0.1) is 12.7 Å². The number of hydrogen-bond donors (Lipinski definition) is 1. The zero-order valence-electron chi connectivity index (χ0n) is 7.30. The van der Waals surface area contributed by atoms with Crippen molar-refractivity contribution in [3.05, 3.63) is 0 Å². The Balaban J connectivity index is 1.99. The number of hydrogen-bond acceptors (Lipinski definition) is 3. The fourth-order valence-electron chi connectivity index (χ4n) is 1.14. The van der Waals surface area contributed by atoms with Gasteiger partial charge in [0.15, 0.2) is 0 Å². The molecule has 2 unspecified atom stereocenters. The molecule has 0 aromatic heterocycles. The van der Waals surface area contributed by atoms with E-state index in [2.05, 4.69) is 12.2 Å². The van der Waals surface area contributed by atoms with E-state index in [9.17, 15) is 0 Å². The number of nitrogens with one attached hydrogen (secondary N) is 1. The Kier molecular flexibility index (Phi) is 3.83. The number of rotatable bonds is 4. The highest BCUT2D eigenvalue weighted by Gasteiger charge is 2.20. The van der Waals surface area contributed by atoms with Crippen LogP contribution in [0.25, 0.3) is 0 Å². The lowest BCUT2D eigenvalue weighted by Gasteiger charge is -2.09. The molecule has 1 aliphatic heterocycles. The van der Waals surface area contributed by atoms with Crippen LogP contribution in [0.4, 0.5) is 0 Å². The smallest absolute Gasteiger partial charge is 0.105 e. The van der Waals surface area contributed by atoms with Gasteiger partial charge in [0.25, 0.3) is 0 Å². The minimum atomic E-state index is 0.199. The molecule has 0 aromatic carbocycles. The van der Waals surface area contributed by atoms with Gasteiger partial charge in [-0.3, -0.25) is 5.32 Å². The summed E-state index contributed by atoms with van der Waals surface area (Å²) in [5.41, 5.74) is 0. The van der Waals surface area contributed by atoms with Crippen LogP contribution < -0.4 is 5.32 Å². The molecule has 3 heteroatoms. The molecule has 0 saturated carbocycles. The molecule has 0 aliphatic carbocycles. The quantitative estimate of drug-likeness (QED) is 0.614. The lowest BCUT2D eigenvalue weighted by molar-refractivity contribution is -0.00773. The van der Waals surface area contributed by atoms with Crippen molar-refractivity contribution < 1.29 is 9.47 Å². The molecule has 3 nitrogen and oxygen atoms in total. The summed E-state index contributed by atoms with van der Waals surface area (Å²) in [6.45, 7) is 6.61. The molecule has 1 rings (SSSR count). The van der Waals surface area contributed by atoms with E-state index < -0.39 is 0 Å². The third-order valence-corrected chi connectivity index (χ3v) is 1.68. The molecule has 0 bridgehead atoms. The molecule has 0 amide bonds. The van der Waals surface area contributed by atoms with Crippen LogP contribution in [0.15, 0.2) is 0 Å². The average molecular weight is 159 g/mol. The standard InChI is InChI=1S/C8H17NO2/c1-3-4-10-6-8-5-9-7(2)11-8/h7-9H,3-6H2,1-2H3. The van der Waals surface area contributed by atoms with E-state index in [4.69, 9.17) is 9.47 Å². The van der Waals surface area contributed by atoms with Gasteiger partial charge in [-0.1, -0.05) is 6.92 Å². The van der Waals surface area contributed by atoms with Crippen molar-refractivity contribution in [2.75, 3.05) is 19.8 Å². The summed E-state index contributed by atoms with van der Waals surface area (Å²) < 4.78 is 10.8. The van der Waals surface area contributed by atoms with E-state index in [1.165, 1.54) is 0 Å². The van der Waals surface area contributed by atoms with Crippen molar-refractivity contribution in [3.8, 4) is 0 Å². The lowest BCUT2D eigenvalue weighted by atomic mass is 10.4. The van der Waals surface area contributed by atoms with E-state index in [0.29, 0.717) is 0 Å². The Bertz CT molecular complexity index is 108. The van der Waals surface area contributed by atoms with E-state index in [0.717, 1.165) is 26.2 Å². The summed E-state index contributed by atoms with van der Waals surface area (Å²) in [4.78, 5) is 0. The van der Waals surface area contributed by atoms with Gasteiger partial charge in [-0.05, 0) is 13.3 Å². The van der Waals surface area contributed by atoms with Crippen LogP contribution in [0.5, 0.6) is 0 Å². The second-order valence-corrected chi connectivity index (χ2v) is 2.88. The van der Waals surface area contributed by atoms with Gasteiger partial charge >= 0.3 is 0 Å².